The number of carbonyl (C=O) groups excluding carboxylic acids is 1. The Morgan fingerprint density at radius 3 is 2.90 bits per heavy atom. The molecule has 0 aliphatic heterocycles. The summed E-state index contributed by atoms with van der Waals surface area (Å²) in [7, 11) is 0. The maximum atomic E-state index is 12.2. The summed E-state index contributed by atoms with van der Waals surface area (Å²) in [5.41, 5.74) is 2.34. The summed E-state index contributed by atoms with van der Waals surface area (Å²) in [6.07, 6.45) is 0. The van der Waals surface area contributed by atoms with Gasteiger partial charge in [0.1, 0.15) is 0 Å². The minimum absolute atomic E-state index is 0.181. The molecule has 3 rings (SSSR count). The number of thiazole rings is 1. The lowest BCUT2D eigenvalue weighted by molar-refractivity contribution is 0.102. The number of rotatable bonds is 2. The van der Waals surface area contributed by atoms with Crippen LogP contribution in [0.2, 0.25) is 5.02 Å². The predicted molar refractivity (Wildman–Crippen MR) is 91.5 cm³/mol. The Morgan fingerprint density at radius 2 is 2.14 bits per heavy atom. The minimum Gasteiger partial charge on any atom is -0.298 e. The fraction of sp³-hybridized carbons (Fsp3) is 0.0667. The zero-order valence-corrected chi connectivity index (χ0v) is 14.1. The maximum absolute atomic E-state index is 12.2. The lowest BCUT2D eigenvalue weighted by Crippen LogP contribution is -2.11. The highest BCUT2D eigenvalue weighted by atomic mass is 79.9. The van der Waals surface area contributed by atoms with Crippen LogP contribution in [0.15, 0.2) is 40.9 Å². The van der Waals surface area contributed by atoms with E-state index >= 15 is 0 Å². The lowest BCUT2D eigenvalue weighted by atomic mass is 10.2. The number of fused-ring (bicyclic) bond motifs is 1. The molecule has 106 valence electrons. The summed E-state index contributed by atoms with van der Waals surface area (Å²) in [5.74, 6) is -0.181. The van der Waals surface area contributed by atoms with Gasteiger partial charge >= 0.3 is 0 Å². The highest BCUT2D eigenvalue weighted by molar-refractivity contribution is 9.10. The molecular weight excluding hydrogens is 372 g/mol. The van der Waals surface area contributed by atoms with E-state index in [1.54, 1.807) is 12.1 Å². The van der Waals surface area contributed by atoms with Crippen molar-refractivity contribution in [3.63, 3.8) is 0 Å². The molecule has 1 aromatic heterocycles. The van der Waals surface area contributed by atoms with Gasteiger partial charge in [0.05, 0.1) is 10.2 Å². The summed E-state index contributed by atoms with van der Waals surface area (Å²) in [5, 5.41) is 4.07. The summed E-state index contributed by atoms with van der Waals surface area (Å²) in [6, 6.07) is 11.0. The molecule has 2 aromatic carbocycles. The third kappa shape index (κ3) is 2.95. The molecule has 0 radical (unpaired) electrons. The van der Waals surface area contributed by atoms with Crippen LogP contribution in [0.4, 0.5) is 5.13 Å². The average Bonchev–Trinajstić information content (AvgIpc) is 2.86. The van der Waals surface area contributed by atoms with Crippen LogP contribution in [0.25, 0.3) is 10.2 Å². The third-order valence-electron chi connectivity index (χ3n) is 3.06. The van der Waals surface area contributed by atoms with Crippen LogP contribution in [0.1, 0.15) is 15.9 Å². The number of amides is 1. The molecule has 1 N–H and O–H groups in total. The number of nitrogens with one attached hydrogen (secondary N) is 1. The van der Waals surface area contributed by atoms with Gasteiger partial charge in [-0.25, -0.2) is 4.98 Å². The van der Waals surface area contributed by atoms with Crippen molar-refractivity contribution < 1.29 is 4.79 Å². The molecule has 0 aliphatic rings. The number of aryl methyl sites for hydroxylation is 1. The summed E-state index contributed by atoms with van der Waals surface area (Å²) in [4.78, 5) is 16.7. The van der Waals surface area contributed by atoms with E-state index < -0.39 is 0 Å². The average molecular weight is 382 g/mol. The maximum Gasteiger partial charge on any atom is 0.257 e. The van der Waals surface area contributed by atoms with E-state index in [2.05, 4.69) is 26.2 Å². The zero-order valence-electron chi connectivity index (χ0n) is 11.0. The molecule has 6 heteroatoms. The Labute approximate surface area is 139 Å². The second-order valence-corrected chi connectivity index (χ2v) is 6.86. The largest absolute Gasteiger partial charge is 0.298 e. The van der Waals surface area contributed by atoms with Crippen LogP contribution in [-0.4, -0.2) is 10.9 Å². The number of nitrogens with zero attached hydrogens (tertiary/aromatic N) is 1. The van der Waals surface area contributed by atoms with Crippen LogP contribution in [-0.2, 0) is 0 Å². The predicted octanol–water partition coefficient (Wildman–Crippen LogP) is 5.27. The van der Waals surface area contributed by atoms with Crippen molar-refractivity contribution in [2.75, 3.05) is 5.32 Å². The van der Waals surface area contributed by atoms with Crippen molar-refractivity contribution in [1.29, 1.82) is 0 Å². The van der Waals surface area contributed by atoms with Crippen molar-refractivity contribution in [2.24, 2.45) is 0 Å². The molecule has 0 unspecified atom stereocenters. The standard InChI is InChI=1S/C15H10BrClN2OS/c1-8-11(17)5-6-12-13(8)18-15(21-12)19-14(20)9-3-2-4-10(16)7-9/h2-7H,1H3,(H,18,19,20). The first kappa shape index (κ1) is 14.5. The van der Waals surface area contributed by atoms with Gasteiger partial charge in [-0.05, 0) is 42.8 Å². The van der Waals surface area contributed by atoms with E-state index in [0.717, 1.165) is 20.3 Å². The number of carbonyl (C=O) groups is 1. The lowest BCUT2D eigenvalue weighted by Gasteiger charge is -2.01. The van der Waals surface area contributed by atoms with E-state index in [1.807, 2.05) is 31.2 Å². The van der Waals surface area contributed by atoms with Gasteiger partial charge in [-0.2, -0.15) is 0 Å². The number of anilines is 1. The number of aromatic nitrogens is 1. The fourth-order valence-corrected chi connectivity index (χ4v) is 3.43. The van der Waals surface area contributed by atoms with Gasteiger partial charge in [0.15, 0.2) is 5.13 Å². The summed E-state index contributed by atoms with van der Waals surface area (Å²) in [6.45, 7) is 1.92. The molecule has 21 heavy (non-hydrogen) atoms. The highest BCUT2D eigenvalue weighted by Gasteiger charge is 2.12. The van der Waals surface area contributed by atoms with Gasteiger partial charge < -0.3 is 0 Å². The molecule has 0 bridgehead atoms. The molecule has 0 saturated heterocycles. The van der Waals surface area contributed by atoms with E-state index in [0.29, 0.717) is 15.7 Å². The van der Waals surface area contributed by atoms with Crippen LogP contribution in [0.5, 0.6) is 0 Å². The number of hydrogen-bond acceptors (Lipinski definition) is 3. The van der Waals surface area contributed by atoms with Gasteiger partial charge in [-0.15, -0.1) is 0 Å². The summed E-state index contributed by atoms with van der Waals surface area (Å²) < 4.78 is 1.86. The Morgan fingerprint density at radius 1 is 1.33 bits per heavy atom. The van der Waals surface area contributed by atoms with E-state index in [1.165, 1.54) is 11.3 Å². The molecule has 1 amide bonds. The van der Waals surface area contributed by atoms with E-state index in [4.69, 9.17) is 11.6 Å². The van der Waals surface area contributed by atoms with Crippen LogP contribution >= 0.6 is 38.9 Å². The molecule has 3 aromatic rings. The molecular formula is C15H10BrClN2OS. The van der Waals surface area contributed by atoms with Gasteiger partial charge in [0.25, 0.3) is 5.91 Å². The molecule has 0 spiro atoms. The third-order valence-corrected chi connectivity index (χ3v) is 4.89. The molecule has 3 nitrogen and oxygen atoms in total. The zero-order chi connectivity index (χ0) is 15.0. The molecule has 0 aliphatic carbocycles. The normalized spacial score (nSPS) is 10.8. The molecule has 0 atom stereocenters. The van der Waals surface area contributed by atoms with Crippen molar-refractivity contribution in [2.45, 2.75) is 6.92 Å². The molecule has 0 saturated carbocycles. The first-order valence-corrected chi connectivity index (χ1v) is 8.16. The molecule has 0 fully saturated rings. The Hall–Kier alpha value is -1.43. The topological polar surface area (TPSA) is 42.0 Å². The SMILES string of the molecule is Cc1c(Cl)ccc2sc(NC(=O)c3cccc(Br)c3)nc12. The van der Waals surface area contributed by atoms with Crippen molar-refractivity contribution >= 4 is 60.1 Å². The monoisotopic (exact) mass is 380 g/mol. The van der Waals surface area contributed by atoms with Crippen molar-refractivity contribution in [1.82, 2.24) is 4.98 Å². The number of halogens is 2. The Kier molecular flexibility index (Phi) is 3.97. The van der Waals surface area contributed by atoms with Crippen LogP contribution < -0.4 is 5.32 Å². The smallest absolute Gasteiger partial charge is 0.257 e. The molecule has 1 heterocycles. The highest BCUT2D eigenvalue weighted by Crippen LogP contribution is 2.31. The number of benzene rings is 2. The van der Waals surface area contributed by atoms with Gasteiger partial charge in [0, 0.05) is 15.1 Å². The van der Waals surface area contributed by atoms with E-state index in [-0.39, 0.29) is 5.91 Å². The van der Waals surface area contributed by atoms with Crippen LogP contribution in [0.3, 0.4) is 0 Å². The van der Waals surface area contributed by atoms with Gasteiger partial charge in [-0.1, -0.05) is 44.9 Å². The minimum atomic E-state index is -0.181. The Balaban J connectivity index is 1.91. The van der Waals surface area contributed by atoms with Crippen molar-refractivity contribution in [3.05, 3.63) is 57.0 Å². The first-order valence-electron chi connectivity index (χ1n) is 6.17. The fourth-order valence-electron chi connectivity index (χ4n) is 1.95. The second kappa shape index (κ2) is 5.75. The quantitative estimate of drug-likeness (QED) is 0.657. The van der Waals surface area contributed by atoms with Gasteiger partial charge in [-0.3, -0.25) is 10.1 Å². The summed E-state index contributed by atoms with van der Waals surface area (Å²) >= 11 is 10.9. The number of hydrogen-bond donors (Lipinski definition) is 1. The first-order chi connectivity index (χ1) is 10.0. The van der Waals surface area contributed by atoms with Crippen LogP contribution in [0, 0.1) is 6.92 Å². The van der Waals surface area contributed by atoms with Gasteiger partial charge in [0.2, 0.25) is 0 Å². The van der Waals surface area contributed by atoms with Crippen molar-refractivity contribution in [3.8, 4) is 0 Å². The second-order valence-electron chi connectivity index (χ2n) is 4.50. The Bertz CT molecular complexity index is 847. The van der Waals surface area contributed by atoms with E-state index in [9.17, 15) is 4.79 Å².